The van der Waals surface area contributed by atoms with Crippen LogP contribution in [0.3, 0.4) is 0 Å². The SMILES string of the molecule is O=C1NC(=O)[C@@]2(C[C@@H](Br)c3ccccc32)N1. The summed E-state index contributed by atoms with van der Waals surface area (Å²) in [6.45, 7) is 0. The fourth-order valence-electron chi connectivity index (χ4n) is 2.47. The first-order valence-corrected chi connectivity index (χ1v) is 5.92. The number of fused-ring (bicyclic) bond motifs is 2. The lowest BCUT2D eigenvalue weighted by Crippen LogP contribution is -2.41. The van der Waals surface area contributed by atoms with Crippen LogP contribution in [0.5, 0.6) is 0 Å². The van der Waals surface area contributed by atoms with Crippen LogP contribution in [0.4, 0.5) is 4.79 Å². The molecule has 2 aliphatic rings. The van der Waals surface area contributed by atoms with E-state index in [1.165, 1.54) is 0 Å². The van der Waals surface area contributed by atoms with Crippen LogP contribution < -0.4 is 10.6 Å². The second kappa shape index (κ2) is 3.07. The molecule has 1 spiro atoms. The van der Waals surface area contributed by atoms with Crippen molar-refractivity contribution in [2.75, 3.05) is 0 Å². The summed E-state index contributed by atoms with van der Waals surface area (Å²) in [5, 5.41) is 5.04. The van der Waals surface area contributed by atoms with E-state index in [0.29, 0.717) is 6.42 Å². The molecule has 0 unspecified atom stereocenters. The molecule has 4 nitrogen and oxygen atoms in total. The summed E-state index contributed by atoms with van der Waals surface area (Å²) in [5.41, 5.74) is 1.09. The van der Waals surface area contributed by atoms with Gasteiger partial charge in [-0.3, -0.25) is 10.1 Å². The number of imide groups is 1. The van der Waals surface area contributed by atoms with Crippen molar-refractivity contribution in [3.8, 4) is 0 Å². The standard InChI is InChI=1S/C11H9BrN2O2/c12-8-5-11(9(15)13-10(16)14-11)7-4-2-1-3-6(7)8/h1-4,8H,5H2,(H2,13,14,15,16)/t8-,11+/m1/s1. The number of halogens is 1. The van der Waals surface area contributed by atoms with Crippen LogP contribution in [0.2, 0.25) is 0 Å². The van der Waals surface area contributed by atoms with Gasteiger partial charge in [0, 0.05) is 11.2 Å². The average Bonchev–Trinajstić information content (AvgIpc) is 2.69. The molecule has 16 heavy (non-hydrogen) atoms. The molecule has 0 saturated carbocycles. The third-order valence-corrected chi connectivity index (χ3v) is 4.00. The number of carbonyl (C=O) groups excluding carboxylic acids is 2. The zero-order valence-corrected chi connectivity index (χ0v) is 9.87. The third kappa shape index (κ3) is 1.09. The molecule has 0 radical (unpaired) electrons. The van der Waals surface area contributed by atoms with Gasteiger partial charge in [-0.1, -0.05) is 40.2 Å². The van der Waals surface area contributed by atoms with Crippen LogP contribution >= 0.6 is 15.9 Å². The average molecular weight is 281 g/mol. The Morgan fingerprint density at radius 1 is 1.31 bits per heavy atom. The number of carbonyl (C=O) groups is 2. The zero-order valence-electron chi connectivity index (χ0n) is 8.29. The molecule has 3 rings (SSSR count). The number of hydrogen-bond donors (Lipinski definition) is 2. The van der Waals surface area contributed by atoms with E-state index in [-0.39, 0.29) is 10.7 Å². The Labute approximate surface area is 101 Å². The Balaban J connectivity index is 2.19. The summed E-state index contributed by atoms with van der Waals surface area (Å²) in [7, 11) is 0. The zero-order chi connectivity index (χ0) is 11.3. The third-order valence-electron chi connectivity index (χ3n) is 3.19. The first-order valence-electron chi connectivity index (χ1n) is 5.00. The van der Waals surface area contributed by atoms with Gasteiger partial charge in [0.1, 0.15) is 5.54 Å². The van der Waals surface area contributed by atoms with Gasteiger partial charge in [-0.15, -0.1) is 0 Å². The smallest absolute Gasteiger partial charge is 0.319 e. The summed E-state index contributed by atoms with van der Waals surface area (Å²) in [6.07, 6.45) is 0.559. The molecule has 1 aliphatic heterocycles. The molecule has 1 fully saturated rings. The highest BCUT2D eigenvalue weighted by Gasteiger charge is 2.53. The van der Waals surface area contributed by atoms with E-state index in [1.807, 2.05) is 24.3 Å². The Kier molecular flexibility index (Phi) is 1.89. The van der Waals surface area contributed by atoms with Crippen molar-refractivity contribution in [2.24, 2.45) is 0 Å². The van der Waals surface area contributed by atoms with E-state index in [4.69, 9.17) is 0 Å². The molecular weight excluding hydrogens is 272 g/mol. The molecule has 3 amide bonds. The highest BCUT2D eigenvalue weighted by Crippen LogP contribution is 2.48. The van der Waals surface area contributed by atoms with Crippen molar-refractivity contribution >= 4 is 27.9 Å². The van der Waals surface area contributed by atoms with Crippen molar-refractivity contribution < 1.29 is 9.59 Å². The molecule has 82 valence electrons. The maximum atomic E-state index is 11.9. The number of hydrogen-bond acceptors (Lipinski definition) is 2. The Bertz CT molecular complexity index is 503. The molecule has 1 saturated heterocycles. The predicted octanol–water partition coefficient (Wildman–Crippen LogP) is 1.56. The molecule has 5 heteroatoms. The summed E-state index contributed by atoms with van der Waals surface area (Å²) in [4.78, 5) is 23.3. The summed E-state index contributed by atoms with van der Waals surface area (Å²) in [6, 6.07) is 7.26. The van der Waals surface area contributed by atoms with Crippen LogP contribution in [-0.4, -0.2) is 11.9 Å². The molecule has 1 heterocycles. The highest BCUT2D eigenvalue weighted by atomic mass is 79.9. The van der Waals surface area contributed by atoms with Gasteiger partial charge in [0.15, 0.2) is 0 Å². The Morgan fingerprint density at radius 3 is 2.75 bits per heavy atom. The van der Waals surface area contributed by atoms with E-state index in [0.717, 1.165) is 11.1 Å². The minimum absolute atomic E-state index is 0.104. The Hall–Kier alpha value is -1.36. The minimum Gasteiger partial charge on any atom is -0.319 e. The first-order chi connectivity index (χ1) is 7.63. The molecule has 2 atom stereocenters. The Morgan fingerprint density at radius 2 is 2.06 bits per heavy atom. The van der Waals surface area contributed by atoms with Crippen LogP contribution in [0.25, 0.3) is 0 Å². The van der Waals surface area contributed by atoms with E-state index >= 15 is 0 Å². The molecular formula is C11H9BrN2O2. The lowest BCUT2D eigenvalue weighted by molar-refractivity contribution is -0.124. The van der Waals surface area contributed by atoms with E-state index in [1.54, 1.807) is 0 Å². The molecule has 2 N–H and O–H groups in total. The van der Waals surface area contributed by atoms with Gasteiger partial charge in [0.05, 0.1) is 0 Å². The lowest BCUT2D eigenvalue weighted by Gasteiger charge is -2.20. The quantitative estimate of drug-likeness (QED) is 0.560. The first kappa shape index (κ1) is 9.84. The number of urea groups is 1. The molecule has 1 aromatic rings. The predicted molar refractivity (Wildman–Crippen MR) is 61.1 cm³/mol. The topological polar surface area (TPSA) is 58.2 Å². The van der Waals surface area contributed by atoms with Gasteiger partial charge in [0.25, 0.3) is 5.91 Å². The monoisotopic (exact) mass is 280 g/mol. The molecule has 0 aromatic heterocycles. The van der Waals surface area contributed by atoms with Crippen molar-refractivity contribution in [3.63, 3.8) is 0 Å². The number of nitrogens with one attached hydrogen (secondary N) is 2. The fourth-order valence-corrected chi connectivity index (χ4v) is 3.36. The van der Waals surface area contributed by atoms with Crippen molar-refractivity contribution in [3.05, 3.63) is 35.4 Å². The molecule has 1 aromatic carbocycles. The number of amides is 3. The second-order valence-electron chi connectivity index (χ2n) is 4.07. The summed E-state index contributed by atoms with van der Waals surface area (Å²) >= 11 is 3.54. The lowest BCUT2D eigenvalue weighted by atomic mass is 9.92. The highest BCUT2D eigenvalue weighted by molar-refractivity contribution is 9.09. The van der Waals surface area contributed by atoms with Gasteiger partial charge < -0.3 is 5.32 Å². The minimum atomic E-state index is -0.873. The number of benzene rings is 1. The maximum absolute atomic E-state index is 11.9. The van der Waals surface area contributed by atoms with Crippen molar-refractivity contribution in [2.45, 2.75) is 16.8 Å². The van der Waals surface area contributed by atoms with E-state index in [9.17, 15) is 9.59 Å². The summed E-state index contributed by atoms with van der Waals surface area (Å²) in [5.74, 6) is -0.257. The van der Waals surface area contributed by atoms with Crippen molar-refractivity contribution in [1.82, 2.24) is 10.6 Å². The van der Waals surface area contributed by atoms with Crippen molar-refractivity contribution in [1.29, 1.82) is 0 Å². The fraction of sp³-hybridized carbons (Fsp3) is 0.273. The van der Waals surface area contributed by atoms with Crippen LogP contribution in [-0.2, 0) is 10.3 Å². The molecule has 1 aliphatic carbocycles. The van der Waals surface area contributed by atoms with Gasteiger partial charge in [0.2, 0.25) is 0 Å². The largest absolute Gasteiger partial charge is 0.322 e. The van der Waals surface area contributed by atoms with Gasteiger partial charge >= 0.3 is 6.03 Å². The molecule has 0 bridgehead atoms. The van der Waals surface area contributed by atoms with Crippen LogP contribution in [0.15, 0.2) is 24.3 Å². The van der Waals surface area contributed by atoms with Gasteiger partial charge in [-0.05, 0) is 11.1 Å². The number of alkyl halides is 1. The van der Waals surface area contributed by atoms with Gasteiger partial charge in [-0.2, -0.15) is 0 Å². The van der Waals surface area contributed by atoms with Crippen LogP contribution in [0, 0.1) is 0 Å². The summed E-state index contributed by atoms with van der Waals surface area (Å²) < 4.78 is 0. The number of rotatable bonds is 0. The normalized spacial score (nSPS) is 31.4. The van der Waals surface area contributed by atoms with Gasteiger partial charge in [-0.25, -0.2) is 4.79 Å². The maximum Gasteiger partial charge on any atom is 0.322 e. The second-order valence-corrected chi connectivity index (χ2v) is 5.18. The van der Waals surface area contributed by atoms with E-state index in [2.05, 4.69) is 26.6 Å². The van der Waals surface area contributed by atoms with E-state index < -0.39 is 11.6 Å². The van der Waals surface area contributed by atoms with Crippen LogP contribution in [0.1, 0.15) is 22.4 Å².